The van der Waals surface area contributed by atoms with Gasteiger partial charge in [-0.05, 0) is 84.1 Å². The number of hydrogen-bond donors (Lipinski definition) is 3. The highest BCUT2D eigenvalue weighted by Crippen LogP contribution is 2.38. The Labute approximate surface area is 384 Å². The molecular formula is C41H39ClF2N8O7S5. The Bertz CT molecular complexity index is 2860. The summed E-state index contributed by atoms with van der Waals surface area (Å²) >= 11 is 8.95. The number of ether oxygens (including phenoxy) is 1. The minimum absolute atomic E-state index is 0.259. The van der Waals surface area contributed by atoms with E-state index in [-0.39, 0.29) is 23.8 Å². The number of rotatable bonds is 16. The van der Waals surface area contributed by atoms with Crippen molar-refractivity contribution in [1.82, 2.24) is 24.6 Å². The molecule has 15 nitrogen and oxygen atoms in total. The lowest BCUT2D eigenvalue weighted by atomic mass is 9.94. The SMILES string of the molecule is O=C(NS(=O)(=O)c1ccc(N[C@H](CCN2CCOCC2)CSc2ccccc2)c(S(=O)(=O)C(F)(F)Cl)c1)c1csc(N2CCc3cccc(C(=O)Nc4nc5cccnc5s4)c3C2)n1. The molecule has 336 valence electrons. The van der Waals surface area contributed by atoms with Gasteiger partial charge in [-0.1, -0.05) is 41.7 Å². The van der Waals surface area contributed by atoms with E-state index in [1.54, 1.807) is 30.5 Å². The molecular weight excluding hydrogens is 950 g/mol. The molecule has 1 atom stereocenters. The van der Waals surface area contributed by atoms with Gasteiger partial charge in [0.25, 0.3) is 31.7 Å². The second-order valence-corrected chi connectivity index (χ2v) is 21.9. The van der Waals surface area contributed by atoms with Gasteiger partial charge in [0.15, 0.2) is 10.3 Å². The minimum atomic E-state index is -5.67. The molecule has 1 saturated heterocycles. The number of thiazole rings is 2. The van der Waals surface area contributed by atoms with E-state index >= 15 is 0 Å². The summed E-state index contributed by atoms with van der Waals surface area (Å²) in [5.74, 6) is -1.09. The van der Waals surface area contributed by atoms with Crippen LogP contribution >= 0.6 is 46.0 Å². The van der Waals surface area contributed by atoms with Crippen LogP contribution in [0.25, 0.3) is 10.3 Å². The average molecular weight is 990 g/mol. The van der Waals surface area contributed by atoms with Gasteiger partial charge in [0.2, 0.25) is 0 Å². The van der Waals surface area contributed by atoms with Crippen molar-refractivity contribution in [3.8, 4) is 0 Å². The van der Waals surface area contributed by atoms with Crippen molar-refractivity contribution < 1.29 is 39.9 Å². The van der Waals surface area contributed by atoms with E-state index in [4.69, 9.17) is 16.3 Å². The number of anilines is 3. The zero-order valence-corrected chi connectivity index (χ0v) is 38.4. The standard InChI is InChI=1S/C41H39ClF2N8O7S5/c42-41(43,44)63(55,56)35-22-29(11-12-32(35)46-27(14-16-51-18-20-59-21-19-51)24-60-28-7-2-1-3-8-28)64(57,58)50-37(54)34-25-61-40(48-34)52-17-13-26-6-4-9-30(31(26)23-52)36(53)49-39-47-33-10-5-15-45-38(33)62-39/h1-12,15,22,25,27,46H,13-14,16-21,23-24H2,(H,50,54)(H,47,49,53)/t27-/m1/s1. The van der Waals surface area contributed by atoms with Crippen molar-refractivity contribution in [3.05, 3.63) is 113 Å². The molecule has 0 saturated carbocycles. The maximum absolute atomic E-state index is 14.6. The van der Waals surface area contributed by atoms with Crippen molar-refractivity contribution in [3.63, 3.8) is 0 Å². The maximum atomic E-state index is 14.6. The number of nitrogens with one attached hydrogen (secondary N) is 3. The van der Waals surface area contributed by atoms with Crippen molar-refractivity contribution in [2.75, 3.05) is 60.7 Å². The number of amides is 2. The maximum Gasteiger partial charge on any atom is 0.427 e. The van der Waals surface area contributed by atoms with Crippen molar-refractivity contribution in [2.45, 2.75) is 44.8 Å². The van der Waals surface area contributed by atoms with Crippen LogP contribution in [-0.2, 0) is 37.6 Å². The van der Waals surface area contributed by atoms with Crippen molar-refractivity contribution in [2.24, 2.45) is 0 Å². The van der Waals surface area contributed by atoms with E-state index in [0.29, 0.717) is 90.2 Å². The molecule has 3 N–H and O–H groups in total. The molecule has 0 spiro atoms. The lowest BCUT2D eigenvalue weighted by molar-refractivity contribution is 0.0370. The van der Waals surface area contributed by atoms with Crippen LogP contribution in [0.5, 0.6) is 0 Å². The first kappa shape index (κ1) is 45.7. The number of sulfonamides is 1. The van der Waals surface area contributed by atoms with Crippen LogP contribution in [0.1, 0.15) is 38.4 Å². The van der Waals surface area contributed by atoms with Crippen LogP contribution in [0.2, 0.25) is 0 Å². The van der Waals surface area contributed by atoms with Gasteiger partial charge in [-0.25, -0.2) is 36.5 Å². The number of thioether (sulfide) groups is 1. The summed E-state index contributed by atoms with van der Waals surface area (Å²) in [4.78, 5) is 43.9. The largest absolute Gasteiger partial charge is 0.427 e. The molecule has 8 rings (SSSR count). The third-order valence-electron chi connectivity index (χ3n) is 10.4. The second-order valence-electron chi connectivity index (χ2n) is 14.7. The third-order valence-corrected chi connectivity index (χ3v) is 16.9. The molecule has 3 aromatic heterocycles. The van der Waals surface area contributed by atoms with Gasteiger partial charge in [-0.3, -0.25) is 19.8 Å². The molecule has 64 heavy (non-hydrogen) atoms. The number of sulfone groups is 1. The fourth-order valence-corrected chi connectivity index (χ4v) is 12.0. The summed E-state index contributed by atoms with van der Waals surface area (Å²) in [5.41, 5.74) is 2.25. The third kappa shape index (κ3) is 10.5. The lowest BCUT2D eigenvalue weighted by Gasteiger charge is -2.29. The highest BCUT2D eigenvalue weighted by atomic mass is 35.5. The molecule has 2 amide bonds. The van der Waals surface area contributed by atoms with Crippen LogP contribution < -0.4 is 20.3 Å². The molecule has 0 aliphatic carbocycles. The van der Waals surface area contributed by atoms with Crippen molar-refractivity contribution >= 4 is 104 Å². The number of fused-ring (bicyclic) bond motifs is 2. The molecule has 5 heterocycles. The van der Waals surface area contributed by atoms with Crippen LogP contribution in [0.15, 0.2) is 105 Å². The minimum Gasteiger partial charge on any atom is -0.380 e. The van der Waals surface area contributed by atoms with Gasteiger partial charge >= 0.3 is 4.71 Å². The van der Waals surface area contributed by atoms with Gasteiger partial charge in [0.05, 0.1) is 28.7 Å². The van der Waals surface area contributed by atoms with E-state index in [9.17, 15) is 35.2 Å². The Morgan fingerprint density at radius 2 is 1.75 bits per heavy atom. The highest BCUT2D eigenvalue weighted by Gasteiger charge is 2.46. The summed E-state index contributed by atoms with van der Waals surface area (Å²) in [7, 11) is -10.5. The van der Waals surface area contributed by atoms with Crippen LogP contribution in [0.3, 0.4) is 0 Å². The van der Waals surface area contributed by atoms with Crippen LogP contribution in [0.4, 0.5) is 24.7 Å². The normalized spacial score (nSPS) is 15.4. The zero-order chi connectivity index (χ0) is 45.1. The zero-order valence-electron chi connectivity index (χ0n) is 33.6. The first-order valence-electron chi connectivity index (χ1n) is 19.8. The van der Waals surface area contributed by atoms with E-state index in [0.717, 1.165) is 39.5 Å². The van der Waals surface area contributed by atoms with E-state index < -0.39 is 46.3 Å². The number of hydrogen-bond acceptors (Lipinski definition) is 16. The fraction of sp³-hybridized carbons (Fsp3) is 0.293. The molecule has 6 aromatic rings. The van der Waals surface area contributed by atoms with Gasteiger partial charge in [-0.2, -0.15) is 8.78 Å². The monoisotopic (exact) mass is 988 g/mol. The fourth-order valence-electron chi connectivity index (χ4n) is 7.12. The predicted molar refractivity (Wildman–Crippen MR) is 244 cm³/mol. The average Bonchev–Trinajstić information content (AvgIpc) is 3.95. The topological polar surface area (TPSA) is 193 Å². The Morgan fingerprint density at radius 3 is 2.52 bits per heavy atom. The van der Waals surface area contributed by atoms with Gasteiger partial charge < -0.3 is 15.0 Å². The smallest absolute Gasteiger partial charge is 0.380 e. The summed E-state index contributed by atoms with van der Waals surface area (Å²) in [6.45, 7) is 3.83. The lowest BCUT2D eigenvalue weighted by Crippen LogP contribution is -2.39. The van der Waals surface area contributed by atoms with Crippen LogP contribution in [-0.4, -0.2) is 104 Å². The van der Waals surface area contributed by atoms with E-state index in [2.05, 4.69) is 30.5 Å². The molecule has 0 bridgehead atoms. The number of benzene rings is 3. The predicted octanol–water partition coefficient (Wildman–Crippen LogP) is 6.94. The molecule has 0 unspecified atom stereocenters. The van der Waals surface area contributed by atoms with E-state index in [1.165, 1.54) is 28.5 Å². The molecule has 2 aliphatic rings. The number of alkyl halides is 3. The summed E-state index contributed by atoms with van der Waals surface area (Å²) < 4.78 is 85.7. The molecule has 1 fully saturated rings. The summed E-state index contributed by atoms with van der Waals surface area (Å²) in [6.07, 6.45) is 2.68. The Morgan fingerprint density at radius 1 is 0.953 bits per heavy atom. The van der Waals surface area contributed by atoms with E-state index in [1.807, 2.05) is 46.0 Å². The highest BCUT2D eigenvalue weighted by molar-refractivity contribution is 7.99. The molecule has 23 heteroatoms. The first-order chi connectivity index (χ1) is 30.6. The first-order valence-corrected chi connectivity index (χ1v) is 25.8. The quantitative estimate of drug-likeness (QED) is 0.0667. The Balaban J connectivity index is 0.984. The number of carbonyl (C=O) groups excluding carboxylic acids is 2. The van der Waals surface area contributed by atoms with Crippen molar-refractivity contribution in [1.29, 1.82) is 0 Å². The van der Waals surface area contributed by atoms with Gasteiger partial charge in [0.1, 0.15) is 16.0 Å². The molecule has 0 radical (unpaired) electrons. The number of aromatic nitrogens is 3. The number of pyridine rings is 1. The number of morpholine rings is 1. The van der Waals surface area contributed by atoms with Gasteiger partial charge in [-0.15, -0.1) is 23.1 Å². The summed E-state index contributed by atoms with van der Waals surface area (Å²) in [6, 6.07) is 20.6. The molecule has 3 aromatic carbocycles. The molecule has 2 aliphatic heterocycles. The number of carbonyl (C=O) groups is 2. The van der Waals surface area contributed by atoms with Gasteiger partial charge in [0, 0.05) is 66.6 Å². The second kappa shape index (κ2) is 19.3. The number of nitrogens with zero attached hydrogens (tertiary/aromatic N) is 5. The summed E-state index contributed by atoms with van der Waals surface area (Å²) in [5, 5.41) is 8.07. The number of halogens is 3. The Kier molecular flexibility index (Phi) is 13.8. The van der Waals surface area contributed by atoms with Crippen LogP contribution in [0, 0.1) is 0 Å². The Hall–Kier alpha value is -4.81.